The van der Waals surface area contributed by atoms with Gasteiger partial charge < -0.3 is 0 Å². The Labute approximate surface area is 103 Å². The van der Waals surface area contributed by atoms with E-state index in [0.29, 0.717) is 5.88 Å². The average molecular weight is 239 g/mol. The van der Waals surface area contributed by atoms with Gasteiger partial charge in [0.1, 0.15) is 0 Å². The van der Waals surface area contributed by atoms with Gasteiger partial charge in [-0.15, -0.1) is 11.6 Å². The van der Waals surface area contributed by atoms with Crippen molar-refractivity contribution in [2.24, 2.45) is 7.05 Å². The van der Waals surface area contributed by atoms with Crippen LogP contribution in [0.5, 0.6) is 0 Å². The van der Waals surface area contributed by atoms with Crippen LogP contribution >= 0.6 is 11.6 Å². The molecule has 0 atom stereocenters. The second-order valence-corrected chi connectivity index (χ2v) is 4.07. The molecular formula is C13H19ClN2. The largest absolute Gasteiger partial charge is 0.271 e. The van der Waals surface area contributed by atoms with Gasteiger partial charge in [0.25, 0.3) is 0 Å². The third-order valence-corrected chi connectivity index (χ3v) is 2.82. The van der Waals surface area contributed by atoms with Crippen LogP contribution in [0, 0.1) is 11.8 Å². The first kappa shape index (κ1) is 13.1. The van der Waals surface area contributed by atoms with E-state index in [1.807, 2.05) is 11.7 Å². The summed E-state index contributed by atoms with van der Waals surface area (Å²) in [4.78, 5) is 0. The van der Waals surface area contributed by atoms with E-state index in [-0.39, 0.29) is 0 Å². The summed E-state index contributed by atoms with van der Waals surface area (Å²) in [7, 11) is 1.99. The van der Waals surface area contributed by atoms with Crippen LogP contribution in [0.25, 0.3) is 0 Å². The molecule has 0 fully saturated rings. The normalized spacial score (nSPS) is 10.0. The fraction of sp³-hybridized carbons (Fsp3) is 0.615. The van der Waals surface area contributed by atoms with Crippen molar-refractivity contribution in [3.63, 3.8) is 0 Å². The molecule has 0 N–H and O–H groups in total. The van der Waals surface area contributed by atoms with Crippen molar-refractivity contribution >= 4 is 11.6 Å². The molecule has 0 aliphatic carbocycles. The Morgan fingerprint density at radius 2 is 2.06 bits per heavy atom. The van der Waals surface area contributed by atoms with Gasteiger partial charge in [-0.25, -0.2) is 0 Å². The van der Waals surface area contributed by atoms with Gasteiger partial charge in [-0.3, -0.25) is 4.68 Å². The molecule has 1 heterocycles. The Hall–Kier alpha value is -0.940. The lowest BCUT2D eigenvalue weighted by atomic mass is 10.1. The molecule has 0 bridgehead atoms. The second kappa shape index (κ2) is 6.60. The Morgan fingerprint density at radius 3 is 2.62 bits per heavy atom. The van der Waals surface area contributed by atoms with Crippen molar-refractivity contribution in [1.82, 2.24) is 9.78 Å². The van der Waals surface area contributed by atoms with Gasteiger partial charge in [-0.1, -0.05) is 25.7 Å². The number of alkyl halides is 1. The third-order valence-electron chi connectivity index (χ3n) is 2.56. The maximum atomic E-state index is 5.62. The molecule has 16 heavy (non-hydrogen) atoms. The van der Waals surface area contributed by atoms with E-state index < -0.39 is 0 Å². The molecule has 2 nitrogen and oxygen atoms in total. The lowest BCUT2D eigenvalue weighted by molar-refractivity contribution is 0.704. The summed E-state index contributed by atoms with van der Waals surface area (Å²) in [5.41, 5.74) is 3.47. The van der Waals surface area contributed by atoms with Gasteiger partial charge in [-0.05, 0) is 19.3 Å². The molecule has 0 aliphatic heterocycles. The molecule has 0 saturated heterocycles. The topological polar surface area (TPSA) is 17.8 Å². The lowest BCUT2D eigenvalue weighted by Crippen LogP contribution is -1.97. The van der Waals surface area contributed by atoms with Crippen molar-refractivity contribution in [3.8, 4) is 11.8 Å². The van der Waals surface area contributed by atoms with Crippen molar-refractivity contribution < 1.29 is 0 Å². The zero-order valence-electron chi connectivity index (χ0n) is 10.3. The second-order valence-electron chi connectivity index (χ2n) is 3.69. The monoisotopic (exact) mass is 238 g/mol. The van der Waals surface area contributed by atoms with Crippen LogP contribution in [0.2, 0.25) is 0 Å². The first-order valence-corrected chi connectivity index (χ1v) is 6.37. The van der Waals surface area contributed by atoms with Crippen LogP contribution in [-0.4, -0.2) is 15.7 Å². The van der Waals surface area contributed by atoms with Crippen molar-refractivity contribution in [2.45, 2.75) is 39.5 Å². The lowest BCUT2D eigenvalue weighted by Gasteiger charge is -1.97. The van der Waals surface area contributed by atoms with Gasteiger partial charge >= 0.3 is 0 Å². The number of hydrogen-bond donors (Lipinski definition) is 0. The molecule has 0 spiro atoms. The zero-order chi connectivity index (χ0) is 12.0. The minimum atomic E-state index is 0.684. The summed E-state index contributed by atoms with van der Waals surface area (Å²) >= 11 is 5.62. The van der Waals surface area contributed by atoms with Gasteiger partial charge in [0, 0.05) is 19.3 Å². The summed E-state index contributed by atoms with van der Waals surface area (Å²) in [5, 5.41) is 4.49. The number of nitrogens with zero attached hydrogens (tertiary/aromatic N) is 2. The summed E-state index contributed by atoms with van der Waals surface area (Å²) < 4.78 is 1.95. The van der Waals surface area contributed by atoms with Gasteiger partial charge in [0.2, 0.25) is 0 Å². The van der Waals surface area contributed by atoms with Gasteiger partial charge in [0.15, 0.2) is 0 Å². The third kappa shape index (κ3) is 3.02. The minimum Gasteiger partial charge on any atom is -0.271 e. The van der Waals surface area contributed by atoms with E-state index in [4.69, 9.17) is 11.6 Å². The van der Waals surface area contributed by atoms with Crippen LogP contribution in [0.15, 0.2) is 0 Å². The Bertz CT molecular complexity index is 396. The van der Waals surface area contributed by atoms with Crippen LogP contribution in [0.4, 0.5) is 0 Å². The Balaban J connectivity index is 2.94. The molecule has 0 radical (unpaired) electrons. The number of hydrogen-bond acceptors (Lipinski definition) is 1. The molecule has 1 rings (SSSR count). The highest BCUT2D eigenvalue weighted by Crippen LogP contribution is 2.13. The van der Waals surface area contributed by atoms with E-state index in [0.717, 1.165) is 36.9 Å². The van der Waals surface area contributed by atoms with Crippen LogP contribution < -0.4 is 0 Å². The number of rotatable bonds is 4. The Kier molecular flexibility index (Phi) is 5.42. The number of aromatic nitrogens is 2. The first-order chi connectivity index (χ1) is 7.74. The highest BCUT2D eigenvalue weighted by Gasteiger charge is 2.10. The van der Waals surface area contributed by atoms with Crippen LogP contribution in [-0.2, 0) is 19.9 Å². The summed E-state index contributed by atoms with van der Waals surface area (Å²) in [5.74, 6) is 7.11. The minimum absolute atomic E-state index is 0.684. The molecule has 1 aromatic heterocycles. The highest BCUT2D eigenvalue weighted by atomic mass is 35.5. The Morgan fingerprint density at radius 1 is 1.31 bits per heavy atom. The quantitative estimate of drug-likeness (QED) is 0.448. The summed E-state index contributed by atoms with van der Waals surface area (Å²) in [6.07, 6.45) is 3.73. The predicted octanol–water partition coefficient (Wildman–Crippen LogP) is 2.92. The smallest absolute Gasteiger partial charge is 0.0781 e. The summed E-state index contributed by atoms with van der Waals surface area (Å²) in [6, 6.07) is 0. The molecule has 3 heteroatoms. The predicted molar refractivity (Wildman–Crippen MR) is 68.8 cm³/mol. The fourth-order valence-corrected chi connectivity index (χ4v) is 1.86. The van der Waals surface area contributed by atoms with Crippen LogP contribution in [0.3, 0.4) is 0 Å². The molecule has 1 aromatic rings. The number of halogens is 1. The molecule has 0 unspecified atom stereocenters. The molecular weight excluding hydrogens is 220 g/mol. The fourth-order valence-electron chi connectivity index (χ4n) is 1.72. The van der Waals surface area contributed by atoms with E-state index in [2.05, 4.69) is 30.8 Å². The van der Waals surface area contributed by atoms with Gasteiger partial charge in [0.05, 0.1) is 17.0 Å². The highest BCUT2D eigenvalue weighted by molar-refractivity contribution is 6.17. The summed E-state index contributed by atoms with van der Waals surface area (Å²) in [6.45, 7) is 4.26. The maximum absolute atomic E-state index is 5.62. The molecule has 88 valence electrons. The van der Waals surface area contributed by atoms with Crippen molar-refractivity contribution in [3.05, 3.63) is 17.0 Å². The molecule has 0 saturated carbocycles. The molecule has 0 aliphatic rings. The van der Waals surface area contributed by atoms with E-state index in [1.165, 1.54) is 5.69 Å². The SMILES string of the molecule is CCc1nn(C)c(CC)c1C#CCCCCl. The standard InChI is InChI=1S/C13H19ClN2/c1-4-12-11(9-7-6-8-10-14)13(5-2)16(3)15-12/h4-6,8,10H2,1-3H3. The molecule has 0 amide bonds. The van der Waals surface area contributed by atoms with Crippen LogP contribution in [0.1, 0.15) is 43.6 Å². The zero-order valence-corrected chi connectivity index (χ0v) is 11.1. The van der Waals surface area contributed by atoms with E-state index >= 15 is 0 Å². The van der Waals surface area contributed by atoms with Crippen molar-refractivity contribution in [2.75, 3.05) is 5.88 Å². The molecule has 0 aromatic carbocycles. The van der Waals surface area contributed by atoms with Gasteiger partial charge in [-0.2, -0.15) is 5.10 Å². The number of aryl methyl sites for hydroxylation is 2. The first-order valence-electron chi connectivity index (χ1n) is 5.84. The maximum Gasteiger partial charge on any atom is 0.0781 e. The van der Waals surface area contributed by atoms with E-state index in [9.17, 15) is 0 Å². The average Bonchev–Trinajstić information content (AvgIpc) is 2.60. The number of unbranched alkanes of at least 4 members (excludes halogenated alkanes) is 1. The van der Waals surface area contributed by atoms with Crippen molar-refractivity contribution in [1.29, 1.82) is 0 Å². The van der Waals surface area contributed by atoms with E-state index in [1.54, 1.807) is 0 Å².